The van der Waals surface area contributed by atoms with Crippen LogP contribution in [0.2, 0.25) is 0 Å². The van der Waals surface area contributed by atoms with Crippen molar-refractivity contribution in [2.45, 2.75) is 11.9 Å². The number of aromatic nitrogens is 3. The summed E-state index contributed by atoms with van der Waals surface area (Å²) < 4.78 is 18.2. The van der Waals surface area contributed by atoms with E-state index in [0.717, 1.165) is 11.1 Å². The molecule has 32 heavy (non-hydrogen) atoms. The van der Waals surface area contributed by atoms with Crippen molar-refractivity contribution in [2.24, 2.45) is 0 Å². The molecule has 2 aromatic heterocycles. The molecule has 7 nitrogen and oxygen atoms in total. The van der Waals surface area contributed by atoms with Crippen LogP contribution in [0.1, 0.15) is 17.3 Å². The Morgan fingerprint density at radius 2 is 1.84 bits per heavy atom. The first-order valence-corrected chi connectivity index (χ1v) is 10.8. The molecule has 0 unspecified atom stereocenters. The highest BCUT2D eigenvalue weighted by Crippen LogP contribution is 2.31. The van der Waals surface area contributed by atoms with Gasteiger partial charge in [0.25, 0.3) is 0 Å². The van der Waals surface area contributed by atoms with Crippen LogP contribution in [0.15, 0.2) is 66.1 Å². The van der Waals surface area contributed by atoms with Gasteiger partial charge < -0.3 is 15.0 Å². The van der Waals surface area contributed by atoms with Gasteiger partial charge in [-0.05, 0) is 48.9 Å². The van der Waals surface area contributed by atoms with Crippen LogP contribution >= 0.6 is 11.8 Å². The third-order valence-electron chi connectivity index (χ3n) is 4.60. The number of carbonyl (C=O) groups excluding carboxylic acids is 2. The van der Waals surface area contributed by atoms with Gasteiger partial charge in [0.15, 0.2) is 0 Å². The van der Waals surface area contributed by atoms with Crippen molar-refractivity contribution in [1.29, 1.82) is 0 Å². The molecule has 4 rings (SSSR count). The van der Waals surface area contributed by atoms with E-state index in [-0.39, 0.29) is 17.5 Å². The minimum atomic E-state index is -0.403. The zero-order valence-corrected chi connectivity index (χ0v) is 17.9. The average Bonchev–Trinajstić information content (AvgIpc) is 3.24. The van der Waals surface area contributed by atoms with E-state index >= 15 is 0 Å². The number of rotatable bonds is 7. The number of nitrogens with one attached hydrogen (secondary N) is 2. The highest BCUT2D eigenvalue weighted by atomic mass is 32.2. The van der Waals surface area contributed by atoms with Crippen LogP contribution in [0.5, 0.6) is 0 Å². The summed E-state index contributed by atoms with van der Waals surface area (Å²) in [6.45, 7) is 2.05. The Kier molecular flexibility index (Phi) is 6.46. The lowest BCUT2D eigenvalue weighted by atomic mass is 10.1. The van der Waals surface area contributed by atoms with Gasteiger partial charge in [-0.15, -0.1) is 0 Å². The number of benzene rings is 2. The lowest BCUT2D eigenvalue weighted by Gasteiger charge is -2.07. The van der Waals surface area contributed by atoms with Crippen LogP contribution in [0.25, 0.3) is 22.2 Å². The smallest absolute Gasteiger partial charge is 0.338 e. The number of ether oxygens (including phenoxy) is 1. The first-order chi connectivity index (χ1) is 15.5. The first kappa shape index (κ1) is 21.5. The van der Waals surface area contributed by atoms with Gasteiger partial charge in [0.2, 0.25) is 5.91 Å². The Bertz CT molecular complexity index is 1260. The lowest BCUT2D eigenvalue weighted by molar-refractivity contribution is -0.113. The number of fused-ring (bicyclic) bond motifs is 1. The Hall–Kier alpha value is -3.72. The Labute approximate surface area is 187 Å². The van der Waals surface area contributed by atoms with E-state index in [9.17, 15) is 14.0 Å². The van der Waals surface area contributed by atoms with E-state index in [0.29, 0.717) is 33.9 Å². The normalized spacial score (nSPS) is 10.8. The molecular formula is C23H19FN4O3S. The van der Waals surface area contributed by atoms with Gasteiger partial charge in [0, 0.05) is 17.4 Å². The van der Waals surface area contributed by atoms with Crippen molar-refractivity contribution in [3.05, 3.63) is 72.4 Å². The van der Waals surface area contributed by atoms with E-state index < -0.39 is 5.97 Å². The van der Waals surface area contributed by atoms with Gasteiger partial charge in [0.1, 0.15) is 22.7 Å². The molecule has 0 atom stereocenters. The molecule has 162 valence electrons. The number of thioether (sulfide) groups is 1. The maximum absolute atomic E-state index is 13.2. The van der Waals surface area contributed by atoms with Crippen molar-refractivity contribution >= 4 is 40.4 Å². The molecule has 0 bridgehead atoms. The molecule has 0 saturated heterocycles. The number of esters is 1. The molecule has 0 aliphatic rings. The lowest BCUT2D eigenvalue weighted by Crippen LogP contribution is -2.14. The van der Waals surface area contributed by atoms with E-state index in [4.69, 9.17) is 4.74 Å². The molecular weight excluding hydrogens is 431 g/mol. The minimum Gasteiger partial charge on any atom is -0.462 e. The number of aromatic amines is 1. The van der Waals surface area contributed by atoms with Crippen LogP contribution in [-0.2, 0) is 9.53 Å². The second-order valence-corrected chi connectivity index (χ2v) is 7.71. The fourth-order valence-corrected chi connectivity index (χ4v) is 3.87. The second kappa shape index (κ2) is 9.61. The molecule has 9 heteroatoms. The number of amides is 1. The summed E-state index contributed by atoms with van der Waals surface area (Å²) in [5.74, 6) is -0.784. The summed E-state index contributed by atoms with van der Waals surface area (Å²) in [5.41, 5.74) is 4.07. The zero-order valence-electron chi connectivity index (χ0n) is 17.1. The molecule has 0 aliphatic carbocycles. The van der Waals surface area contributed by atoms with Crippen LogP contribution < -0.4 is 5.32 Å². The van der Waals surface area contributed by atoms with Gasteiger partial charge in [-0.1, -0.05) is 23.9 Å². The van der Waals surface area contributed by atoms with Gasteiger partial charge in [0.05, 0.1) is 23.4 Å². The Morgan fingerprint density at radius 3 is 2.56 bits per heavy atom. The molecule has 1 amide bonds. The van der Waals surface area contributed by atoms with E-state index in [1.165, 1.54) is 30.2 Å². The van der Waals surface area contributed by atoms with Crippen molar-refractivity contribution in [1.82, 2.24) is 15.0 Å². The summed E-state index contributed by atoms with van der Waals surface area (Å²) in [4.78, 5) is 35.9. The van der Waals surface area contributed by atoms with Crippen LogP contribution in [-0.4, -0.2) is 39.2 Å². The number of hydrogen-bond acceptors (Lipinski definition) is 6. The zero-order chi connectivity index (χ0) is 22.5. The third-order valence-corrected chi connectivity index (χ3v) is 5.59. The van der Waals surface area contributed by atoms with Crippen molar-refractivity contribution in [3.63, 3.8) is 0 Å². The third kappa shape index (κ3) is 4.78. The van der Waals surface area contributed by atoms with Gasteiger partial charge in [-0.3, -0.25) is 4.79 Å². The number of carbonyl (C=O) groups is 2. The number of hydrogen-bond donors (Lipinski definition) is 2. The predicted molar refractivity (Wildman–Crippen MR) is 121 cm³/mol. The van der Waals surface area contributed by atoms with Gasteiger partial charge in [-0.25, -0.2) is 19.2 Å². The van der Waals surface area contributed by atoms with E-state index in [1.54, 1.807) is 49.5 Å². The van der Waals surface area contributed by atoms with Crippen molar-refractivity contribution in [2.75, 3.05) is 17.7 Å². The second-order valence-electron chi connectivity index (χ2n) is 6.75. The average molecular weight is 450 g/mol. The Morgan fingerprint density at radius 1 is 1.09 bits per heavy atom. The molecule has 2 aromatic carbocycles. The summed E-state index contributed by atoms with van der Waals surface area (Å²) in [5, 5.41) is 3.43. The van der Waals surface area contributed by atoms with Gasteiger partial charge >= 0.3 is 5.97 Å². The fraction of sp³-hybridized carbons (Fsp3) is 0.130. The maximum Gasteiger partial charge on any atom is 0.338 e. The molecule has 0 aliphatic heterocycles. The number of anilines is 1. The standard InChI is InChI=1S/C23H19FN4O3S/c1-2-31-23(30)15-5-9-17(10-6-15)28-19(29)12-32-22-21-20(26-13-27-22)18(11-25-21)14-3-7-16(24)8-4-14/h3-11,13,25H,2,12H2,1H3,(H,28,29). The summed E-state index contributed by atoms with van der Waals surface area (Å²) in [6.07, 6.45) is 3.24. The highest BCUT2D eigenvalue weighted by Gasteiger charge is 2.14. The van der Waals surface area contributed by atoms with Gasteiger partial charge in [-0.2, -0.15) is 0 Å². The molecule has 0 fully saturated rings. The summed E-state index contributed by atoms with van der Waals surface area (Å²) in [7, 11) is 0. The number of H-pyrrole nitrogens is 1. The van der Waals surface area contributed by atoms with Crippen LogP contribution in [0.3, 0.4) is 0 Å². The van der Waals surface area contributed by atoms with E-state index in [2.05, 4.69) is 20.3 Å². The molecule has 0 saturated carbocycles. The molecule has 2 N–H and O–H groups in total. The maximum atomic E-state index is 13.2. The van der Waals surface area contributed by atoms with E-state index in [1.807, 2.05) is 0 Å². The Balaban J connectivity index is 1.42. The topological polar surface area (TPSA) is 97.0 Å². The summed E-state index contributed by atoms with van der Waals surface area (Å²) in [6, 6.07) is 12.7. The monoisotopic (exact) mass is 450 g/mol. The first-order valence-electron chi connectivity index (χ1n) is 9.83. The number of halogens is 1. The molecule has 0 radical (unpaired) electrons. The predicted octanol–water partition coefficient (Wildman–Crippen LogP) is 4.67. The SMILES string of the molecule is CCOC(=O)c1ccc(NC(=O)CSc2ncnc3c(-c4ccc(F)cc4)c[nH]c23)cc1. The molecule has 0 spiro atoms. The van der Waals surface area contributed by atoms with Crippen LogP contribution in [0.4, 0.5) is 10.1 Å². The highest BCUT2D eigenvalue weighted by molar-refractivity contribution is 8.00. The number of nitrogens with zero attached hydrogens (tertiary/aromatic N) is 2. The largest absolute Gasteiger partial charge is 0.462 e. The fourth-order valence-electron chi connectivity index (χ4n) is 3.11. The molecule has 2 heterocycles. The minimum absolute atomic E-state index is 0.136. The molecule has 4 aromatic rings. The van der Waals surface area contributed by atoms with Crippen molar-refractivity contribution < 1.29 is 18.7 Å². The summed E-state index contributed by atoms with van der Waals surface area (Å²) >= 11 is 1.27. The quantitative estimate of drug-likeness (QED) is 0.241. The van der Waals surface area contributed by atoms with Crippen molar-refractivity contribution in [3.8, 4) is 11.1 Å². The van der Waals surface area contributed by atoms with Crippen LogP contribution in [0, 0.1) is 5.82 Å².